The zero-order valence-electron chi connectivity index (χ0n) is 10.6. The predicted molar refractivity (Wildman–Crippen MR) is 66.9 cm³/mol. The van der Waals surface area contributed by atoms with Crippen molar-refractivity contribution < 1.29 is 14.7 Å². The molecule has 17 heavy (non-hydrogen) atoms. The quantitative estimate of drug-likeness (QED) is 0.354. The molecule has 4 nitrogen and oxygen atoms in total. The maximum absolute atomic E-state index is 11.9. The number of hydrogen-bond donors (Lipinski definition) is 1. The van der Waals surface area contributed by atoms with Crippen molar-refractivity contribution in [3.8, 4) is 0 Å². The number of ketones is 1. The van der Waals surface area contributed by atoms with Gasteiger partial charge in [-0.05, 0) is 12.3 Å². The van der Waals surface area contributed by atoms with Crippen molar-refractivity contribution in [3.05, 3.63) is 24.0 Å². The number of allylic oxidation sites excluding steroid dienone is 2. The highest BCUT2D eigenvalue weighted by molar-refractivity contribution is 6.22. The fourth-order valence-electron chi connectivity index (χ4n) is 1.93. The number of nitrogens with zero attached hydrogens (tertiary/aromatic N) is 1. The molecule has 0 aromatic rings. The van der Waals surface area contributed by atoms with Gasteiger partial charge in [-0.1, -0.05) is 31.7 Å². The molecule has 1 N–H and O–H groups in total. The Balaban J connectivity index is 2.92. The van der Waals surface area contributed by atoms with Gasteiger partial charge in [0.15, 0.2) is 5.78 Å². The first-order valence-corrected chi connectivity index (χ1v) is 5.60. The van der Waals surface area contributed by atoms with Crippen LogP contribution in [0.25, 0.3) is 0 Å². The van der Waals surface area contributed by atoms with E-state index in [-0.39, 0.29) is 23.6 Å². The van der Waals surface area contributed by atoms with E-state index in [1.54, 1.807) is 13.0 Å². The average Bonchev–Trinajstić information content (AvgIpc) is 2.14. The number of aliphatic hydroxyl groups excluding tert-OH is 1. The SMILES string of the molecule is C=CCO/N=C(/C)C1=C(O)CC(C)(C)CC1=O. The fraction of sp³-hybridized carbons (Fsp3) is 0.538. The Bertz CT molecular complexity index is 391. The molecule has 0 bridgehead atoms. The van der Waals surface area contributed by atoms with E-state index in [4.69, 9.17) is 4.84 Å². The molecule has 0 fully saturated rings. The lowest BCUT2D eigenvalue weighted by Crippen LogP contribution is -2.28. The maximum Gasteiger partial charge on any atom is 0.168 e. The van der Waals surface area contributed by atoms with Crippen LogP contribution in [0.15, 0.2) is 29.1 Å². The molecule has 94 valence electrons. The third-order valence-corrected chi connectivity index (χ3v) is 2.61. The molecular formula is C13H19NO3. The molecule has 0 aromatic carbocycles. The van der Waals surface area contributed by atoms with Gasteiger partial charge in [-0.25, -0.2) is 0 Å². The zero-order valence-corrected chi connectivity index (χ0v) is 10.6. The molecule has 1 aliphatic rings. The monoisotopic (exact) mass is 237 g/mol. The Kier molecular flexibility index (Phi) is 4.10. The number of rotatable bonds is 4. The van der Waals surface area contributed by atoms with E-state index in [9.17, 15) is 9.90 Å². The van der Waals surface area contributed by atoms with Crippen LogP contribution in [0.4, 0.5) is 0 Å². The van der Waals surface area contributed by atoms with Crippen LogP contribution in [0.5, 0.6) is 0 Å². The fourth-order valence-corrected chi connectivity index (χ4v) is 1.93. The molecule has 0 spiro atoms. The minimum Gasteiger partial charge on any atom is -0.511 e. The van der Waals surface area contributed by atoms with Crippen LogP contribution in [0.1, 0.15) is 33.6 Å². The van der Waals surface area contributed by atoms with Crippen LogP contribution in [0.2, 0.25) is 0 Å². The minimum absolute atomic E-state index is 0.0813. The summed E-state index contributed by atoms with van der Waals surface area (Å²) in [5.41, 5.74) is 0.533. The molecule has 1 rings (SSSR count). The second-order valence-electron chi connectivity index (χ2n) is 5.02. The van der Waals surface area contributed by atoms with Crippen molar-refractivity contribution in [2.24, 2.45) is 10.6 Å². The van der Waals surface area contributed by atoms with Crippen LogP contribution >= 0.6 is 0 Å². The van der Waals surface area contributed by atoms with Crippen LogP contribution in [-0.2, 0) is 9.63 Å². The largest absolute Gasteiger partial charge is 0.511 e. The first kappa shape index (κ1) is 13.5. The minimum atomic E-state index is -0.188. The average molecular weight is 237 g/mol. The molecule has 1 aliphatic carbocycles. The van der Waals surface area contributed by atoms with Gasteiger partial charge in [0.25, 0.3) is 0 Å². The Morgan fingerprint density at radius 3 is 2.76 bits per heavy atom. The van der Waals surface area contributed by atoms with Gasteiger partial charge in [0.1, 0.15) is 12.4 Å². The highest BCUT2D eigenvalue weighted by atomic mass is 16.6. The predicted octanol–water partition coefficient (Wildman–Crippen LogP) is 2.77. The Morgan fingerprint density at radius 2 is 2.24 bits per heavy atom. The van der Waals surface area contributed by atoms with Crippen molar-refractivity contribution in [3.63, 3.8) is 0 Å². The van der Waals surface area contributed by atoms with Crippen LogP contribution in [-0.4, -0.2) is 23.2 Å². The second-order valence-corrected chi connectivity index (χ2v) is 5.02. The number of aliphatic hydroxyl groups is 1. The standard InChI is InChI=1S/C13H19NO3/c1-5-6-17-14-9(2)12-10(15)7-13(3,4)8-11(12)16/h5,15H,1,6-8H2,2-4H3/b14-9-. The molecule has 0 aromatic heterocycles. The van der Waals surface area contributed by atoms with E-state index in [2.05, 4.69) is 11.7 Å². The van der Waals surface area contributed by atoms with E-state index >= 15 is 0 Å². The van der Waals surface area contributed by atoms with E-state index in [1.165, 1.54) is 0 Å². The first-order chi connectivity index (χ1) is 7.87. The van der Waals surface area contributed by atoms with E-state index in [1.807, 2.05) is 13.8 Å². The van der Waals surface area contributed by atoms with Gasteiger partial charge in [0, 0.05) is 12.8 Å². The van der Waals surface area contributed by atoms with Gasteiger partial charge in [0.2, 0.25) is 0 Å². The summed E-state index contributed by atoms with van der Waals surface area (Å²) in [5, 5.41) is 13.7. The van der Waals surface area contributed by atoms with Crippen LogP contribution < -0.4 is 0 Å². The molecular weight excluding hydrogens is 218 g/mol. The third kappa shape index (κ3) is 3.44. The lowest BCUT2D eigenvalue weighted by atomic mass is 9.76. The normalized spacial score (nSPS) is 20.4. The first-order valence-electron chi connectivity index (χ1n) is 5.60. The summed E-state index contributed by atoms with van der Waals surface area (Å²) < 4.78 is 0. The van der Waals surface area contributed by atoms with E-state index in [0.29, 0.717) is 24.1 Å². The van der Waals surface area contributed by atoms with E-state index in [0.717, 1.165) is 0 Å². The lowest BCUT2D eigenvalue weighted by Gasteiger charge is -2.29. The smallest absolute Gasteiger partial charge is 0.168 e. The summed E-state index contributed by atoms with van der Waals surface area (Å²) in [7, 11) is 0. The topological polar surface area (TPSA) is 58.9 Å². The summed E-state index contributed by atoms with van der Waals surface area (Å²) >= 11 is 0. The van der Waals surface area contributed by atoms with Crippen molar-refractivity contribution in [1.29, 1.82) is 0 Å². The van der Waals surface area contributed by atoms with Crippen molar-refractivity contribution in [2.75, 3.05) is 6.61 Å². The third-order valence-electron chi connectivity index (χ3n) is 2.61. The summed E-state index contributed by atoms with van der Waals surface area (Å²) in [6, 6.07) is 0. The van der Waals surface area contributed by atoms with Crippen LogP contribution in [0, 0.1) is 5.41 Å². The molecule has 0 amide bonds. The van der Waals surface area contributed by atoms with Crippen LogP contribution in [0.3, 0.4) is 0 Å². The molecule has 0 saturated carbocycles. The van der Waals surface area contributed by atoms with Crippen molar-refractivity contribution >= 4 is 11.5 Å². The maximum atomic E-state index is 11.9. The molecule has 0 unspecified atom stereocenters. The van der Waals surface area contributed by atoms with Gasteiger partial charge in [-0.15, -0.1) is 0 Å². The highest BCUT2D eigenvalue weighted by Gasteiger charge is 2.34. The highest BCUT2D eigenvalue weighted by Crippen LogP contribution is 2.36. The molecule has 0 saturated heterocycles. The van der Waals surface area contributed by atoms with Gasteiger partial charge < -0.3 is 9.94 Å². The molecule has 0 aliphatic heterocycles. The lowest BCUT2D eigenvalue weighted by molar-refractivity contribution is -0.118. The number of hydrogen-bond acceptors (Lipinski definition) is 4. The summed E-state index contributed by atoms with van der Waals surface area (Å²) in [6.45, 7) is 9.35. The summed E-state index contributed by atoms with van der Waals surface area (Å²) in [5.74, 6) is 0.0249. The van der Waals surface area contributed by atoms with Gasteiger partial charge in [-0.3, -0.25) is 4.79 Å². The number of Topliss-reactive ketones (excluding diaryl/α,β-unsaturated/α-hetero) is 1. The second kappa shape index (κ2) is 5.17. The summed E-state index contributed by atoms with van der Waals surface area (Å²) in [6.07, 6.45) is 2.47. The number of oxime groups is 1. The molecule has 0 atom stereocenters. The molecule has 0 radical (unpaired) electrons. The Labute approximate surface area is 102 Å². The molecule has 4 heteroatoms. The number of carbonyl (C=O) groups excluding carboxylic acids is 1. The Morgan fingerprint density at radius 1 is 1.59 bits per heavy atom. The van der Waals surface area contributed by atoms with E-state index < -0.39 is 0 Å². The zero-order chi connectivity index (χ0) is 13.1. The molecule has 0 heterocycles. The van der Waals surface area contributed by atoms with Crippen molar-refractivity contribution in [2.45, 2.75) is 33.6 Å². The van der Waals surface area contributed by atoms with Gasteiger partial charge in [-0.2, -0.15) is 0 Å². The van der Waals surface area contributed by atoms with Gasteiger partial charge in [0.05, 0.1) is 11.3 Å². The Hall–Kier alpha value is -1.58. The van der Waals surface area contributed by atoms with Crippen molar-refractivity contribution in [1.82, 2.24) is 0 Å². The summed E-state index contributed by atoms with van der Waals surface area (Å²) in [4.78, 5) is 16.8. The van der Waals surface area contributed by atoms with Gasteiger partial charge >= 0.3 is 0 Å². The number of carbonyl (C=O) groups is 1.